The zero-order valence-electron chi connectivity index (χ0n) is 15.9. The smallest absolute Gasteiger partial charge is 0.238 e. The van der Waals surface area contributed by atoms with E-state index < -0.39 is 6.04 Å². The van der Waals surface area contributed by atoms with Crippen LogP contribution in [0, 0.1) is 0 Å². The van der Waals surface area contributed by atoms with Gasteiger partial charge < -0.3 is 10.6 Å². The van der Waals surface area contributed by atoms with Crippen molar-refractivity contribution in [2.24, 2.45) is 0 Å². The molecule has 0 spiro atoms. The van der Waals surface area contributed by atoms with E-state index in [2.05, 4.69) is 10.6 Å². The van der Waals surface area contributed by atoms with Crippen molar-refractivity contribution in [2.75, 3.05) is 25.5 Å². The van der Waals surface area contributed by atoms with Crippen molar-refractivity contribution < 1.29 is 14.4 Å². The number of halogens is 1. The summed E-state index contributed by atoms with van der Waals surface area (Å²) < 4.78 is 0. The number of carbonyl (C=O) groups is 3. The number of rotatable bonds is 9. The standard InChI is InChI=1S/C21H24ClN3O3/c1-15(26)19(12-16-6-4-3-5-7-16)24-21(28)14-25(2)13-20(27)23-18-10-8-17(22)9-11-18/h3-11,19H,12-14H2,1-2H3,(H,23,27)(H,24,28)/t19-/m0/s1. The van der Waals surface area contributed by atoms with Crippen LogP contribution < -0.4 is 10.6 Å². The van der Waals surface area contributed by atoms with Crippen LogP contribution >= 0.6 is 11.6 Å². The molecule has 0 aliphatic rings. The Morgan fingerprint density at radius 3 is 2.18 bits per heavy atom. The van der Waals surface area contributed by atoms with Gasteiger partial charge in [0.15, 0.2) is 5.78 Å². The second kappa shape index (κ2) is 10.6. The molecule has 0 unspecified atom stereocenters. The lowest BCUT2D eigenvalue weighted by Crippen LogP contribution is -2.46. The molecule has 2 aromatic rings. The predicted octanol–water partition coefficient (Wildman–Crippen LogP) is 2.53. The zero-order chi connectivity index (χ0) is 20.5. The molecule has 6 nitrogen and oxygen atoms in total. The van der Waals surface area contributed by atoms with Gasteiger partial charge in [-0.1, -0.05) is 41.9 Å². The lowest BCUT2D eigenvalue weighted by molar-refractivity contribution is -0.128. The van der Waals surface area contributed by atoms with E-state index in [0.717, 1.165) is 5.56 Å². The van der Waals surface area contributed by atoms with Crippen LogP contribution in [0.15, 0.2) is 54.6 Å². The lowest BCUT2D eigenvalue weighted by Gasteiger charge is -2.20. The highest BCUT2D eigenvalue weighted by Gasteiger charge is 2.19. The van der Waals surface area contributed by atoms with Gasteiger partial charge in [-0.3, -0.25) is 19.3 Å². The minimum absolute atomic E-state index is 0.00656. The van der Waals surface area contributed by atoms with E-state index in [4.69, 9.17) is 11.6 Å². The zero-order valence-corrected chi connectivity index (χ0v) is 16.7. The number of amides is 2. The Morgan fingerprint density at radius 2 is 1.57 bits per heavy atom. The molecule has 0 saturated heterocycles. The maximum Gasteiger partial charge on any atom is 0.238 e. The predicted molar refractivity (Wildman–Crippen MR) is 110 cm³/mol. The number of Topliss-reactive ketones (excluding diaryl/α,β-unsaturated/α-hetero) is 1. The van der Waals surface area contributed by atoms with Crippen LogP contribution in [0.2, 0.25) is 5.02 Å². The van der Waals surface area contributed by atoms with Crippen LogP contribution in [-0.2, 0) is 20.8 Å². The van der Waals surface area contributed by atoms with Gasteiger partial charge in [-0.25, -0.2) is 0 Å². The van der Waals surface area contributed by atoms with Gasteiger partial charge in [0, 0.05) is 10.7 Å². The maximum atomic E-state index is 12.3. The van der Waals surface area contributed by atoms with Crippen LogP contribution in [0.5, 0.6) is 0 Å². The average molecular weight is 402 g/mol. The van der Waals surface area contributed by atoms with Crippen molar-refractivity contribution in [3.05, 3.63) is 65.2 Å². The average Bonchev–Trinajstić information content (AvgIpc) is 2.63. The Bertz CT molecular complexity index is 809. The van der Waals surface area contributed by atoms with Crippen LogP contribution in [0.3, 0.4) is 0 Å². The molecule has 0 aliphatic heterocycles. The molecule has 0 fully saturated rings. The maximum absolute atomic E-state index is 12.3. The number of anilines is 1. The number of nitrogens with zero attached hydrogens (tertiary/aromatic N) is 1. The van der Waals surface area contributed by atoms with Crippen molar-refractivity contribution in [1.82, 2.24) is 10.2 Å². The highest BCUT2D eigenvalue weighted by atomic mass is 35.5. The van der Waals surface area contributed by atoms with Crippen molar-refractivity contribution >= 4 is 34.9 Å². The largest absolute Gasteiger partial charge is 0.345 e. The third kappa shape index (κ3) is 7.50. The van der Waals surface area contributed by atoms with Gasteiger partial charge >= 0.3 is 0 Å². The van der Waals surface area contributed by atoms with Gasteiger partial charge in [-0.15, -0.1) is 0 Å². The Hall–Kier alpha value is -2.70. The number of hydrogen-bond acceptors (Lipinski definition) is 4. The summed E-state index contributed by atoms with van der Waals surface area (Å²) in [5, 5.41) is 6.07. The van der Waals surface area contributed by atoms with E-state index in [1.54, 1.807) is 36.2 Å². The summed E-state index contributed by atoms with van der Waals surface area (Å²) in [6, 6.07) is 15.7. The summed E-state index contributed by atoms with van der Waals surface area (Å²) in [7, 11) is 1.67. The van der Waals surface area contributed by atoms with Crippen LogP contribution in [0.4, 0.5) is 5.69 Å². The molecule has 2 aromatic carbocycles. The molecule has 28 heavy (non-hydrogen) atoms. The molecule has 0 aromatic heterocycles. The molecule has 1 atom stereocenters. The molecule has 0 saturated carbocycles. The lowest BCUT2D eigenvalue weighted by atomic mass is 10.0. The van der Waals surface area contributed by atoms with Crippen LogP contribution in [0.25, 0.3) is 0 Å². The Labute approximate surface area is 169 Å². The van der Waals surface area contributed by atoms with E-state index in [-0.39, 0.29) is 30.7 Å². The SMILES string of the molecule is CC(=O)[C@H](Cc1ccccc1)NC(=O)CN(C)CC(=O)Nc1ccc(Cl)cc1. The second-order valence-corrected chi connectivity index (χ2v) is 7.08. The van der Waals surface area contributed by atoms with Gasteiger partial charge in [-0.05, 0) is 50.2 Å². The van der Waals surface area contributed by atoms with Gasteiger partial charge in [0.05, 0.1) is 19.1 Å². The van der Waals surface area contributed by atoms with Gasteiger partial charge in [0.25, 0.3) is 0 Å². The summed E-state index contributed by atoms with van der Waals surface area (Å²) in [6.45, 7) is 1.50. The highest BCUT2D eigenvalue weighted by molar-refractivity contribution is 6.30. The molecule has 2 N–H and O–H groups in total. The number of hydrogen-bond donors (Lipinski definition) is 2. The van der Waals surface area contributed by atoms with Gasteiger partial charge in [0.2, 0.25) is 11.8 Å². The number of nitrogens with one attached hydrogen (secondary N) is 2. The first-order chi connectivity index (χ1) is 13.3. The third-order valence-corrected chi connectivity index (χ3v) is 4.32. The molecule has 148 valence electrons. The van der Waals surface area contributed by atoms with E-state index in [0.29, 0.717) is 17.1 Å². The third-order valence-electron chi connectivity index (χ3n) is 4.06. The first-order valence-electron chi connectivity index (χ1n) is 8.91. The molecule has 0 bridgehead atoms. The number of carbonyl (C=O) groups excluding carboxylic acids is 3. The second-order valence-electron chi connectivity index (χ2n) is 6.65. The molecule has 2 rings (SSSR count). The summed E-state index contributed by atoms with van der Waals surface area (Å²) >= 11 is 5.82. The molecule has 2 amide bonds. The van der Waals surface area contributed by atoms with Gasteiger partial charge in [0.1, 0.15) is 0 Å². The molecule has 0 radical (unpaired) electrons. The van der Waals surface area contributed by atoms with Crippen molar-refractivity contribution in [3.8, 4) is 0 Å². The molecule has 0 aliphatic carbocycles. The topological polar surface area (TPSA) is 78.5 Å². The summed E-state index contributed by atoms with van der Waals surface area (Å²) in [5.74, 6) is -0.664. The van der Waals surface area contributed by atoms with E-state index in [1.807, 2.05) is 30.3 Å². The minimum Gasteiger partial charge on any atom is -0.345 e. The van der Waals surface area contributed by atoms with Crippen LogP contribution in [-0.4, -0.2) is 48.7 Å². The fraction of sp³-hybridized carbons (Fsp3) is 0.286. The van der Waals surface area contributed by atoms with E-state index in [9.17, 15) is 14.4 Å². The normalized spacial score (nSPS) is 11.7. The first-order valence-corrected chi connectivity index (χ1v) is 9.29. The molecular formula is C21H24ClN3O3. The quantitative estimate of drug-likeness (QED) is 0.676. The summed E-state index contributed by atoms with van der Waals surface area (Å²) in [4.78, 5) is 37.8. The summed E-state index contributed by atoms with van der Waals surface area (Å²) in [6.07, 6.45) is 0.433. The molecule has 7 heteroatoms. The summed E-state index contributed by atoms with van der Waals surface area (Å²) in [5.41, 5.74) is 1.60. The Balaban J connectivity index is 1.82. The van der Waals surface area contributed by atoms with Crippen molar-refractivity contribution in [1.29, 1.82) is 0 Å². The highest BCUT2D eigenvalue weighted by Crippen LogP contribution is 2.13. The van der Waals surface area contributed by atoms with Crippen molar-refractivity contribution in [3.63, 3.8) is 0 Å². The minimum atomic E-state index is -0.591. The monoisotopic (exact) mass is 401 g/mol. The van der Waals surface area contributed by atoms with E-state index >= 15 is 0 Å². The van der Waals surface area contributed by atoms with E-state index in [1.165, 1.54) is 6.92 Å². The number of likely N-dealkylation sites (N-methyl/N-ethyl adjacent to an activating group) is 1. The molecule has 0 heterocycles. The first kappa shape index (κ1) is 21.6. The fourth-order valence-electron chi connectivity index (χ4n) is 2.67. The Kier molecular flexibility index (Phi) is 8.17. The Morgan fingerprint density at radius 1 is 0.964 bits per heavy atom. The number of ketones is 1. The van der Waals surface area contributed by atoms with Crippen LogP contribution in [0.1, 0.15) is 12.5 Å². The molecular weight excluding hydrogens is 378 g/mol. The van der Waals surface area contributed by atoms with Gasteiger partial charge in [-0.2, -0.15) is 0 Å². The number of benzene rings is 2. The van der Waals surface area contributed by atoms with Crippen molar-refractivity contribution in [2.45, 2.75) is 19.4 Å². The fourth-order valence-corrected chi connectivity index (χ4v) is 2.79.